The van der Waals surface area contributed by atoms with Crippen LogP contribution >= 0.6 is 11.3 Å². The number of thiazole rings is 1. The van der Waals surface area contributed by atoms with E-state index in [1.54, 1.807) is 11.3 Å². The van der Waals surface area contributed by atoms with E-state index in [2.05, 4.69) is 39.4 Å². The van der Waals surface area contributed by atoms with Crippen molar-refractivity contribution in [2.75, 3.05) is 45.9 Å². The van der Waals surface area contributed by atoms with Gasteiger partial charge in [0, 0.05) is 49.7 Å². The molecule has 156 valence electrons. The molecule has 29 heavy (non-hydrogen) atoms. The van der Waals surface area contributed by atoms with Gasteiger partial charge in [0.25, 0.3) is 0 Å². The van der Waals surface area contributed by atoms with Crippen LogP contribution in [0.25, 0.3) is 11.3 Å². The first-order valence-corrected chi connectivity index (χ1v) is 11.5. The molecule has 4 rings (SSSR count). The van der Waals surface area contributed by atoms with E-state index in [1.165, 1.54) is 23.4 Å². The van der Waals surface area contributed by atoms with Gasteiger partial charge in [-0.3, -0.25) is 9.80 Å². The van der Waals surface area contributed by atoms with E-state index in [0.717, 1.165) is 51.5 Å². The van der Waals surface area contributed by atoms with Gasteiger partial charge in [0.2, 0.25) is 0 Å². The van der Waals surface area contributed by atoms with E-state index in [-0.39, 0.29) is 6.09 Å². The number of nitrogens with zero attached hydrogens (tertiary/aromatic N) is 4. The number of hydrogen-bond donors (Lipinski definition) is 0. The molecule has 1 aromatic heterocycles. The van der Waals surface area contributed by atoms with E-state index in [0.29, 0.717) is 12.6 Å². The molecule has 2 saturated heterocycles. The smallest absolute Gasteiger partial charge is 0.409 e. The summed E-state index contributed by atoms with van der Waals surface area (Å²) in [4.78, 5) is 23.7. The van der Waals surface area contributed by atoms with Gasteiger partial charge in [-0.25, -0.2) is 9.78 Å². The van der Waals surface area contributed by atoms with Crippen LogP contribution in [0.3, 0.4) is 0 Å². The average Bonchev–Trinajstić information content (AvgIpc) is 3.23. The van der Waals surface area contributed by atoms with Crippen LogP contribution in [0.2, 0.25) is 0 Å². The molecule has 1 aromatic carbocycles. The predicted molar refractivity (Wildman–Crippen MR) is 116 cm³/mol. The highest BCUT2D eigenvalue weighted by molar-refractivity contribution is 7.09. The monoisotopic (exact) mass is 414 g/mol. The molecule has 2 aromatic rings. The molecule has 0 bridgehead atoms. The van der Waals surface area contributed by atoms with Crippen molar-refractivity contribution in [2.45, 2.75) is 32.4 Å². The number of likely N-dealkylation sites (tertiary alicyclic amines) is 1. The Balaban J connectivity index is 1.29. The van der Waals surface area contributed by atoms with Gasteiger partial charge in [-0.05, 0) is 26.3 Å². The SMILES string of the molecule is CCOC(=O)N1CCN([C@H]2CCCN(Cc3nc(-c4ccccc4)cs3)C2)CC1. The molecule has 0 N–H and O–H groups in total. The second-order valence-corrected chi connectivity index (χ2v) is 8.69. The molecule has 0 aliphatic carbocycles. The third-order valence-electron chi connectivity index (χ3n) is 5.82. The van der Waals surface area contributed by atoms with Crippen molar-refractivity contribution in [3.63, 3.8) is 0 Å². The zero-order valence-corrected chi connectivity index (χ0v) is 17.9. The Morgan fingerprint density at radius 2 is 1.97 bits per heavy atom. The minimum atomic E-state index is -0.171. The molecule has 2 aliphatic heterocycles. The van der Waals surface area contributed by atoms with Crippen molar-refractivity contribution in [2.24, 2.45) is 0 Å². The number of carbonyl (C=O) groups is 1. The zero-order chi connectivity index (χ0) is 20.1. The summed E-state index contributed by atoms with van der Waals surface area (Å²) in [6, 6.07) is 11.0. The molecule has 1 atom stereocenters. The third kappa shape index (κ3) is 5.15. The third-order valence-corrected chi connectivity index (χ3v) is 6.65. The number of piperidine rings is 1. The normalized spacial score (nSPS) is 21.3. The van der Waals surface area contributed by atoms with Crippen LogP contribution in [0.5, 0.6) is 0 Å². The topological polar surface area (TPSA) is 48.9 Å². The number of amides is 1. The molecule has 0 saturated carbocycles. The van der Waals surface area contributed by atoms with Crippen molar-refractivity contribution >= 4 is 17.4 Å². The Bertz CT molecular complexity index is 789. The highest BCUT2D eigenvalue weighted by Crippen LogP contribution is 2.24. The molecule has 7 heteroatoms. The number of hydrogen-bond acceptors (Lipinski definition) is 6. The number of piperazine rings is 1. The summed E-state index contributed by atoms with van der Waals surface area (Å²) < 4.78 is 5.13. The number of aromatic nitrogens is 1. The summed E-state index contributed by atoms with van der Waals surface area (Å²) in [5.74, 6) is 0. The van der Waals surface area contributed by atoms with E-state index in [4.69, 9.17) is 9.72 Å². The van der Waals surface area contributed by atoms with Crippen molar-refractivity contribution in [3.05, 3.63) is 40.7 Å². The standard InChI is InChI=1S/C22H30N4O2S/c1-2-28-22(27)26-13-11-25(12-14-26)19-9-6-10-24(15-19)16-21-23-20(17-29-21)18-7-4-3-5-8-18/h3-5,7-8,17,19H,2,6,9-16H2,1H3/t19-/m0/s1. The Labute approximate surface area is 177 Å². The van der Waals surface area contributed by atoms with E-state index < -0.39 is 0 Å². The van der Waals surface area contributed by atoms with Crippen molar-refractivity contribution in [3.8, 4) is 11.3 Å². The van der Waals surface area contributed by atoms with Gasteiger partial charge in [-0.15, -0.1) is 11.3 Å². The molecule has 0 spiro atoms. The minimum absolute atomic E-state index is 0.171. The molecule has 0 unspecified atom stereocenters. The van der Waals surface area contributed by atoms with Gasteiger partial charge < -0.3 is 9.64 Å². The van der Waals surface area contributed by atoms with E-state index in [1.807, 2.05) is 17.9 Å². The minimum Gasteiger partial charge on any atom is -0.450 e. The maximum atomic E-state index is 11.9. The first-order valence-electron chi connectivity index (χ1n) is 10.6. The van der Waals surface area contributed by atoms with Crippen LogP contribution in [0.15, 0.2) is 35.7 Å². The van der Waals surface area contributed by atoms with Crippen molar-refractivity contribution < 1.29 is 9.53 Å². The Morgan fingerprint density at radius 1 is 1.17 bits per heavy atom. The molecular formula is C22H30N4O2S. The number of rotatable bonds is 5. The van der Waals surface area contributed by atoms with Gasteiger partial charge in [-0.1, -0.05) is 30.3 Å². The van der Waals surface area contributed by atoms with Gasteiger partial charge in [0.15, 0.2) is 0 Å². The molecule has 2 fully saturated rings. The van der Waals surface area contributed by atoms with Crippen LogP contribution in [-0.2, 0) is 11.3 Å². The number of carbonyl (C=O) groups excluding carboxylic acids is 1. The lowest BCUT2D eigenvalue weighted by atomic mass is 10.0. The second kappa shape index (κ2) is 9.69. The fraction of sp³-hybridized carbons (Fsp3) is 0.545. The Kier molecular flexibility index (Phi) is 6.79. The van der Waals surface area contributed by atoms with Crippen molar-refractivity contribution in [1.29, 1.82) is 0 Å². The van der Waals surface area contributed by atoms with Crippen LogP contribution < -0.4 is 0 Å². The summed E-state index contributed by atoms with van der Waals surface area (Å²) in [7, 11) is 0. The second-order valence-electron chi connectivity index (χ2n) is 7.75. The molecule has 0 radical (unpaired) electrons. The molecule has 2 aliphatic rings. The zero-order valence-electron chi connectivity index (χ0n) is 17.1. The first-order chi connectivity index (χ1) is 14.2. The summed E-state index contributed by atoms with van der Waals surface area (Å²) in [6.45, 7) is 8.86. The highest BCUT2D eigenvalue weighted by Gasteiger charge is 2.30. The lowest BCUT2D eigenvalue weighted by Gasteiger charge is -2.43. The molecule has 1 amide bonds. The molecular weight excluding hydrogens is 384 g/mol. The fourth-order valence-corrected chi connectivity index (χ4v) is 5.12. The first kappa shape index (κ1) is 20.3. The van der Waals surface area contributed by atoms with Crippen LogP contribution in [0, 0.1) is 0 Å². The van der Waals surface area contributed by atoms with Gasteiger partial charge in [-0.2, -0.15) is 0 Å². The van der Waals surface area contributed by atoms with Gasteiger partial charge in [0.1, 0.15) is 5.01 Å². The van der Waals surface area contributed by atoms with Gasteiger partial charge >= 0.3 is 6.09 Å². The average molecular weight is 415 g/mol. The highest BCUT2D eigenvalue weighted by atomic mass is 32.1. The molecule has 6 nitrogen and oxygen atoms in total. The predicted octanol–water partition coefficient (Wildman–Crippen LogP) is 3.55. The molecule has 3 heterocycles. The quantitative estimate of drug-likeness (QED) is 0.749. The Morgan fingerprint density at radius 3 is 2.72 bits per heavy atom. The lowest BCUT2D eigenvalue weighted by Crippen LogP contribution is -2.55. The maximum absolute atomic E-state index is 11.9. The van der Waals surface area contributed by atoms with E-state index in [9.17, 15) is 4.79 Å². The van der Waals surface area contributed by atoms with Crippen LogP contribution in [0.4, 0.5) is 4.79 Å². The summed E-state index contributed by atoms with van der Waals surface area (Å²) in [5.41, 5.74) is 2.26. The lowest BCUT2D eigenvalue weighted by molar-refractivity contribution is 0.0412. The number of ether oxygens (including phenoxy) is 1. The van der Waals surface area contributed by atoms with Gasteiger partial charge in [0.05, 0.1) is 18.8 Å². The fourth-order valence-electron chi connectivity index (χ4n) is 4.27. The van der Waals surface area contributed by atoms with Crippen LogP contribution in [-0.4, -0.2) is 77.7 Å². The summed E-state index contributed by atoms with van der Waals surface area (Å²) >= 11 is 1.76. The van der Waals surface area contributed by atoms with E-state index >= 15 is 0 Å². The number of benzene rings is 1. The maximum Gasteiger partial charge on any atom is 0.409 e. The summed E-state index contributed by atoms with van der Waals surface area (Å²) in [5, 5.41) is 3.36. The largest absolute Gasteiger partial charge is 0.450 e. The van der Waals surface area contributed by atoms with Crippen molar-refractivity contribution in [1.82, 2.24) is 19.7 Å². The Hall–Kier alpha value is -1.96. The summed E-state index contributed by atoms with van der Waals surface area (Å²) in [6.07, 6.45) is 2.29. The van der Waals surface area contributed by atoms with Crippen LogP contribution in [0.1, 0.15) is 24.8 Å².